The molecule has 36 heavy (non-hydrogen) atoms. The van der Waals surface area contributed by atoms with Gasteiger partial charge in [0.15, 0.2) is 0 Å². The number of carbonyl (C=O) groups is 5. The lowest BCUT2D eigenvalue weighted by atomic mass is 10.0. The van der Waals surface area contributed by atoms with Gasteiger partial charge < -0.3 is 15.3 Å². The molecular weight excluding hydrogens is 487 g/mol. The van der Waals surface area contributed by atoms with Crippen LogP contribution in [0.1, 0.15) is 33.6 Å². The lowest BCUT2D eigenvalue weighted by Crippen LogP contribution is -2.61. The van der Waals surface area contributed by atoms with E-state index in [1.165, 1.54) is 0 Å². The molecule has 1 aromatic carbocycles. The number of benzene rings is 1. The Hall–Kier alpha value is -3.52. The Labute approximate surface area is 203 Å². The number of amides is 4. The van der Waals surface area contributed by atoms with Crippen molar-refractivity contribution in [3.05, 3.63) is 29.3 Å². The van der Waals surface area contributed by atoms with E-state index in [0.717, 1.165) is 49.9 Å². The van der Waals surface area contributed by atoms with Crippen molar-refractivity contribution in [2.45, 2.75) is 31.1 Å². The van der Waals surface area contributed by atoms with Gasteiger partial charge in [-0.15, -0.1) is 0 Å². The number of anilines is 1. The van der Waals surface area contributed by atoms with Gasteiger partial charge in [0, 0.05) is 57.4 Å². The van der Waals surface area contributed by atoms with Crippen LogP contribution in [0.3, 0.4) is 0 Å². The second kappa shape index (κ2) is 9.85. The molecule has 11 nitrogen and oxygen atoms in total. The summed E-state index contributed by atoms with van der Waals surface area (Å²) in [6.07, 6.45) is -4.79. The molecule has 0 saturated carbocycles. The summed E-state index contributed by atoms with van der Waals surface area (Å²) >= 11 is 0. The molecule has 3 N–H and O–H groups in total. The molecule has 3 saturated heterocycles. The molecule has 5 rings (SSSR count). The van der Waals surface area contributed by atoms with Crippen molar-refractivity contribution in [2.75, 3.05) is 44.2 Å². The molecule has 0 spiro atoms. The number of hydrogen-bond acceptors (Lipinski definition) is 8. The quantitative estimate of drug-likeness (QED) is 0.472. The standard InChI is InChI=1S/C20H23N5O4.C2HF3O2/c26-17-4-3-16(18(27)22-17)25-19(28)14-2-1-12(9-15(14)20(25)29)23-5-7-24(8-6-23)13-10-21-11-13;3-2(4,5)1(6)7/h1-2,9,13,16,21H,3-8,10-11H2,(H,22,26,27);(H,6,7). The topological polar surface area (TPSA) is 139 Å². The summed E-state index contributed by atoms with van der Waals surface area (Å²) in [7, 11) is 0. The Morgan fingerprint density at radius 1 is 0.972 bits per heavy atom. The minimum absolute atomic E-state index is 0.121. The summed E-state index contributed by atoms with van der Waals surface area (Å²) in [5, 5.41) is 12.6. The van der Waals surface area contributed by atoms with E-state index in [1.54, 1.807) is 12.1 Å². The van der Waals surface area contributed by atoms with Crippen molar-refractivity contribution in [3.8, 4) is 0 Å². The van der Waals surface area contributed by atoms with Gasteiger partial charge in [0.2, 0.25) is 11.8 Å². The lowest BCUT2D eigenvalue weighted by Gasteiger charge is -2.43. The average Bonchev–Trinajstić information content (AvgIpc) is 3.03. The van der Waals surface area contributed by atoms with Crippen molar-refractivity contribution in [1.82, 2.24) is 20.4 Å². The van der Waals surface area contributed by atoms with Crippen molar-refractivity contribution in [3.63, 3.8) is 0 Å². The first-order valence-electron chi connectivity index (χ1n) is 11.3. The smallest absolute Gasteiger partial charge is 0.475 e. The minimum Gasteiger partial charge on any atom is -0.475 e. The SMILES string of the molecule is O=C(O)C(F)(F)F.O=C1CCC(N2C(=O)c3ccc(N4CCN(C5CNC5)CC4)cc3C2=O)C(=O)N1. The third-order valence-electron chi connectivity index (χ3n) is 6.62. The molecule has 3 fully saturated rings. The van der Waals surface area contributed by atoms with Crippen LogP contribution in [-0.4, -0.2) is 102 Å². The van der Waals surface area contributed by atoms with Crippen LogP contribution in [0.4, 0.5) is 18.9 Å². The summed E-state index contributed by atoms with van der Waals surface area (Å²) in [4.78, 5) is 63.9. The number of imide groups is 2. The zero-order valence-corrected chi connectivity index (χ0v) is 19.0. The lowest BCUT2D eigenvalue weighted by molar-refractivity contribution is -0.192. The number of carboxylic acid groups (broad SMARTS) is 1. The molecule has 14 heteroatoms. The number of halogens is 3. The normalized spacial score (nSPS) is 23.0. The molecule has 4 heterocycles. The summed E-state index contributed by atoms with van der Waals surface area (Å²) < 4.78 is 31.7. The van der Waals surface area contributed by atoms with Crippen LogP contribution in [0.15, 0.2) is 18.2 Å². The molecule has 4 aliphatic heterocycles. The van der Waals surface area contributed by atoms with E-state index < -0.39 is 35.9 Å². The third-order valence-corrected chi connectivity index (χ3v) is 6.62. The first kappa shape index (κ1) is 25.6. The van der Waals surface area contributed by atoms with Gasteiger partial charge in [0.1, 0.15) is 6.04 Å². The molecule has 194 valence electrons. The van der Waals surface area contributed by atoms with E-state index >= 15 is 0 Å². The molecular formula is C22H24F3N5O6. The number of carbonyl (C=O) groups excluding carboxylic acids is 4. The first-order valence-corrected chi connectivity index (χ1v) is 11.3. The van der Waals surface area contributed by atoms with E-state index in [0.29, 0.717) is 17.2 Å². The molecule has 1 aromatic rings. The number of hydrogen-bond donors (Lipinski definition) is 3. The molecule has 0 aliphatic carbocycles. The number of carboxylic acids is 1. The number of nitrogens with one attached hydrogen (secondary N) is 2. The van der Waals surface area contributed by atoms with E-state index in [2.05, 4.69) is 20.4 Å². The fraction of sp³-hybridized carbons (Fsp3) is 0.500. The number of aliphatic carboxylic acids is 1. The highest BCUT2D eigenvalue weighted by atomic mass is 19.4. The van der Waals surface area contributed by atoms with E-state index in [4.69, 9.17) is 9.90 Å². The Balaban J connectivity index is 0.000000384. The highest BCUT2D eigenvalue weighted by Crippen LogP contribution is 2.31. The maximum absolute atomic E-state index is 13.0. The molecule has 0 radical (unpaired) electrons. The summed E-state index contributed by atoms with van der Waals surface area (Å²) in [6, 6.07) is 5.01. The molecule has 4 aliphatic rings. The maximum Gasteiger partial charge on any atom is 0.490 e. The highest BCUT2D eigenvalue weighted by molar-refractivity contribution is 6.23. The molecule has 1 unspecified atom stereocenters. The van der Waals surface area contributed by atoms with Gasteiger partial charge in [0.05, 0.1) is 11.1 Å². The van der Waals surface area contributed by atoms with Gasteiger partial charge in [-0.05, 0) is 24.6 Å². The first-order chi connectivity index (χ1) is 17.0. The molecule has 1 atom stereocenters. The Kier molecular flexibility index (Phi) is 7.00. The largest absolute Gasteiger partial charge is 0.490 e. The van der Waals surface area contributed by atoms with Crippen LogP contribution in [0, 0.1) is 0 Å². The van der Waals surface area contributed by atoms with E-state index in [-0.39, 0.29) is 18.7 Å². The Morgan fingerprint density at radius 2 is 1.58 bits per heavy atom. The van der Waals surface area contributed by atoms with Gasteiger partial charge in [-0.1, -0.05) is 0 Å². The zero-order valence-electron chi connectivity index (χ0n) is 19.0. The van der Waals surface area contributed by atoms with Crippen LogP contribution < -0.4 is 15.5 Å². The number of alkyl halides is 3. The number of piperazine rings is 1. The fourth-order valence-corrected chi connectivity index (χ4v) is 4.53. The Bertz CT molecular complexity index is 1100. The molecule has 0 bridgehead atoms. The summed E-state index contributed by atoms with van der Waals surface area (Å²) in [5.74, 6) is -4.64. The van der Waals surface area contributed by atoms with Gasteiger partial charge in [0.25, 0.3) is 11.8 Å². The van der Waals surface area contributed by atoms with Gasteiger partial charge in [-0.2, -0.15) is 13.2 Å². The van der Waals surface area contributed by atoms with Crippen LogP contribution >= 0.6 is 0 Å². The van der Waals surface area contributed by atoms with E-state index in [9.17, 15) is 32.3 Å². The second-order valence-electron chi connectivity index (χ2n) is 8.82. The van der Waals surface area contributed by atoms with Crippen molar-refractivity contribution in [2.24, 2.45) is 0 Å². The van der Waals surface area contributed by atoms with Crippen LogP contribution in [0.2, 0.25) is 0 Å². The van der Waals surface area contributed by atoms with Crippen LogP contribution in [0.5, 0.6) is 0 Å². The van der Waals surface area contributed by atoms with Crippen LogP contribution in [0.25, 0.3) is 0 Å². The predicted molar refractivity (Wildman–Crippen MR) is 117 cm³/mol. The van der Waals surface area contributed by atoms with E-state index in [1.807, 2.05) is 6.07 Å². The average molecular weight is 511 g/mol. The number of nitrogens with zero attached hydrogens (tertiary/aromatic N) is 3. The number of piperidine rings is 1. The molecule has 0 aromatic heterocycles. The van der Waals surface area contributed by atoms with Crippen molar-refractivity contribution in [1.29, 1.82) is 0 Å². The van der Waals surface area contributed by atoms with Gasteiger partial charge >= 0.3 is 12.1 Å². The highest BCUT2D eigenvalue weighted by Gasteiger charge is 2.45. The van der Waals surface area contributed by atoms with Crippen molar-refractivity contribution < 1.29 is 42.3 Å². The third kappa shape index (κ3) is 5.04. The fourth-order valence-electron chi connectivity index (χ4n) is 4.53. The van der Waals surface area contributed by atoms with Gasteiger partial charge in [-0.25, -0.2) is 4.79 Å². The predicted octanol–water partition coefficient (Wildman–Crippen LogP) is -0.185. The zero-order chi connectivity index (χ0) is 26.2. The maximum atomic E-state index is 13.0. The number of fused-ring (bicyclic) bond motifs is 1. The summed E-state index contributed by atoms with van der Waals surface area (Å²) in [5.41, 5.74) is 1.58. The molecule has 4 amide bonds. The van der Waals surface area contributed by atoms with Crippen molar-refractivity contribution >= 4 is 35.3 Å². The number of rotatable bonds is 3. The second-order valence-corrected chi connectivity index (χ2v) is 8.82. The summed E-state index contributed by atoms with van der Waals surface area (Å²) in [6.45, 7) is 5.78. The minimum atomic E-state index is -5.08. The van der Waals surface area contributed by atoms with Gasteiger partial charge in [-0.3, -0.25) is 34.3 Å². The monoisotopic (exact) mass is 511 g/mol. The van der Waals surface area contributed by atoms with Crippen LogP contribution in [-0.2, 0) is 14.4 Å². The Morgan fingerprint density at radius 3 is 2.11 bits per heavy atom.